The Balaban J connectivity index is 1.40. The molecule has 0 N–H and O–H groups in total. The van der Waals surface area contributed by atoms with Gasteiger partial charge in [-0.05, 0) is 30.2 Å². The molecule has 0 aliphatic carbocycles. The number of hydrogen-bond donors (Lipinski definition) is 0. The second kappa shape index (κ2) is 9.15. The van der Waals surface area contributed by atoms with E-state index in [1.807, 2.05) is 61.5 Å². The molecule has 8 heteroatoms. The van der Waals surface area contributed by atoms with E-state index < -0.39 is 0 Å². The second-order valence-corrected chi connectivity index (χ2v) is 8.18. The molecule has 0 spiro atoms. The largest absolute Gasteiger partial charge is 0.338 e. The lowest BCUT2D eigenvalue weighted by atomic mass is 10.1. The van der Waals surface area contributed by atoms with Gasteiger partial charge in [0.25, 0.3) is 0 Å². The Labute approximate surface area is 189 Å². The van der Waals surface area contributed by atoms with Crippen molar-refractivity contribution < 1.29 is 4.52 Å². The van der Waals surface area contributed by atoms with Crippen LogP contribution < -0.4 is 0 Å². The van der Waals surface area contributed by atoms with Crippen LogP contribution in [0.2, 0.25) is 0 Å². The van der Waals surface area contributed by atoms with Crippen LogP contribution in [-0.4, -0.2) is 29.9 Å². The first-order valence-corrected chi connectivity index (χ1v) is 11.2. The first-order valence-electron chi connectivity index (χ1n) is 10.2. The van der Waals surface area contributed by atoms with Gasteiger partial charge < -0.3 is 4.52 Å². The minimum atomic E-state index is 0.499. The fourth-order valence-electron chi connectivity index (χ4n) is 3.39. The lowest BCUT2D eigenvalue weighted by Crippen LogP contribution is -2.04. The Kier molecular flexibility index (Phi) is 5.76. The predicted octanol–water partition coefficient (Wildman–Crippen LogP) is 5.04. The molecule has 0 aliphatic heterocycles. The van der Waals surface area contributed by atoms with Crippen molar-refractivity contribution in [3.05, 3.63) is 96.1 Å². The van der Waals surface area contributed by atoms with E-state index in [1.54, 1.807) is 12.4 Å². The van der Waals surface area contributed by atoms with E-state index in [1.165, 1.54) is 17.3 Å². The second-order valence-electron chi connectivity index (χ2n) is 7.23. The highest BCUT2D eigenvalue weighted by Gasteiger charge is 2.17. The third-order valence-corrected chi connectivity index (χ3v) is 5.95. The van der Waals surface area contributed by atoms with Crippen LogP contribution >= 0.6 is 11.8 Å². The normalized spacial score (nSPS) is 11.0. The van der Waals surface area contributed by atoms with Gasteiger partial charge in [-0.25, -0.2) is 0 Å². The van der Waals surface area contributed by atoms with Crippen molar-refractivity contribution in [2.24, 2.45) is 0 Å². The van der Waals surface area contributed by atoms with Gasteiger partial charge in [0.1, 0.15) is 0 Å². The van der Waals surface area contributed by atoms with Crippen molar-refractivity contribution in [2.75, 3.05) is 0 Å². The predicted molar refractivity (Wildman–Crippen MR) is 123 cm³/mol. The number of hydrogen-bond acceptors (Lipinski definition) is 7. The first-order chi connectivity index (χ1) is 15.8. The van der Waals surface area contributed by atoms with Crippen molar-refractivity contribution in [1.82, 2.24) is 29.9 Å². The van der Waals surface area contributed by atoms with Gasteiger partial charge in [-0.15, -0.1) is 10.2 Å². The number of nitrogens with zero attached hydrogens (tertiary/aromatic N) is 6. The average Bonchev–Trinajstić information content (AvgIpc) is 3.46. The Bertz CT molecular complexity index is 1320. The summed E-state index contributed by atoms with van der Waals surface area (Å²) in [6, 6.07) is 22.1. The number of thioether (sulfide) groups is 1. The molecule has 3 heterocycles. The highest BCUT2D eigenvalue weighted by atomic mass is 32.2. The molecule has 0 atom stereocenters. The molecule has 0 fully saturated rings. The zero-order valence-electron chi connectivity index (χ0n) is 17.4. The lowest BCUT2D eigenvalue weighted by Gasteiger charge is -2.10. The van der Waals surface area contributed by atoms with Gasteiger partial charge in [-0.3, -0.25) is 9.55 Å². The summed E-state index contributed by atoms with van der Waals surface area (Å²) in [5.74, 6) is 2.42. The van der Waals surface area contributed by atoms with Crippen LogP contribution in [0.15, 0.2) is 88.8 Å². The van der Waals surface area contributed by atoms with Crippen LogP contribution in [-0.2, 0) is 12.3 Å². The molecule has 0 bridgehead atoms. The summed E-state index contributed by atoms with van der Waals surface area (Å²) >= 11 is 1.52. The topological polar surface area (TPSA) is 82.5 Å². The van der Waals surface area contributed by atoms with Crippen molar-refractivity contribution in [2.45, 2.75) is 24.4 Å². The van der Waals surface area contributed by atoms with E-state index in [0.717, 1.165) is 27.7 Å². The molecule has 2 aromatic carbocycles. The van der Waals surface area contributed by atoms with Gasteiger partial charge in [0, 0.05) is 23.5 Å². The molecule has 7 nitrogen and oxygen atoms in total. The Hall–Kier alpha value is -3.78. The van der Waals surface area contributed by atoms with E-state index in [0.29, 0.717) is 24.0 Å². The van der Waals surface area contributed by atoms with Crippen molar-refractivity contribution >= 4 is 11.8 Å². The molecular formula is C24H20N6OS. The van der Waals surface area contributed by atoms with Crippen LogP contribution in [0.5, 0.6) is 0 Å². The molecule has 0 saturated carbocycles. The quantitative estimate of drug-likeness (QED) is 0.328. The van der Waals surface area contributed by atoms with Gasteiger partial charge in [0.2, 0.25) is 11.7 Å². The molecule has 0 saturated heterocycles. The smallest absolute Gasteiger partial charge is 0.237 e. The Morgan fingerprint density at radius 3 is 2.59 bits per heavy atom. The van der Waals surface area contributed by atoms with Crippen LogP contribution in [0, 0.1) is 6.92 Å². The minimum Gasteiger partial charge on any atom is -0.338 e. The summed E-state index contributed by atoms with van der Waals surface area (Å²) in [6.07, 6.45) is 3.55. The van der Waals surface area contributed by atoms with Crippen molar-refractivity contribution in [3.8, 4) is 22.8 Å². The molecule has 32 heavy (non-hydrogen) atoms. The van der Waals surface area contributed by atoms with Crippen LogP contribution in [0.25, 0.3) is 22.8 Å². The minimum absolute atomic E-state index is 0.499. The van der Waals surface area contributed by atoms with Crippen LogP contribution in [0.4, 0.5) is 0 Å². The molecule has 0 radical (unpaired) electrons. The van der Waals surface area contributed by atoms with E-state index in [4.69, 9.17) is 4.52 Å². The van der Waals surface area contributed by atoms with E-state index in [9.17, 15) is 0 Å². The first kappa shape index (κ1) is 20.1. The fourth-order valence-corrected chi connectivity index (χ4v) is 4.16. The average molecular weight is 441 g/mol. The lowest BCUT2D eigenvalue weighted by molar-refractivity contribution is 0.391. The Morgan fingerprint density at radius 1 is 0.938 bits per heavy atom. The summed E-state index contributed by atoms with van der Waals surface area (Å²) in [5, 5.41) is 13.8. The summed E-state index contributed by atoms with van der Waals surface area (Å²) in [4.78, 5) is 8.80. The maximum absolute atomic E-state index is 5.50. The molecule has 158 valence electrons. The van der Waals surface area contributed by atoms with Gasteiger partial charge in [-0.2, -0.15) is 4.98 Å². The number of aromatic nitrogens is 6. The highest BCUT2D eigenvalue weighted by molar-refractivity contribution is 7.98. The van der Waals surface area contributed by atoms with E-state index in [-0.39, 0.29) is 0 Å². The van der Waals surface area contributed by atoms with Crippen LogP contribution in [0.3, 0.4) is 0 Å². The zero-order chi connectivity index (χ0) is 21.8. The molecule has 0 aliphatic rings. The van der Waals surface area contributed by atoms with Gasteiger partial charge in [-0.1, -0.05) is 71.5 Å². The molecular weight excluding hydrogens is 420 g/mol. The molecule has 5 aromatic rings. The summed E-state index contributed by atoms with van der Waals surface area (Å²) in [5.41, 5.74) is 4.16. The van der Waals surface area contributed by atoms with Crippen molar-refractivity contribution in [3.63, 3.8) is 0 Å². The molecule has 5 rings (SSSR count). The Morgan fingerprint density at radius 2 is 1.78 bits per heavy atom. The third-order valence-electron chi connectivity index (χ3n) is 5.00. The summed E-state index contributed by atoms with van der Waals surface area (Å²) in [7, 11) is 0. The monoisotopic (exact) mass is 440 g/mol. The van der Waals surface area contributed by atoms with Crippen molar-refractivity contribution in [1.29, 1.82) is 0 Å². The van der Waals surface area contributed by atoms with E-state index in [2.05, 4.69) is 42.0 Å². The maximum atomic E-state index is 5.50. The standard InChI is InChI=1S/C24H20N6OS/c1-17-8-5-6-12-20(17)22-26-21(31-29-22)16-32-24-28-27-23(19-11-7-13-25-14-19)30(24)15-18-9-3-2-4-10-18/h2-14H,15-16H2,1H3. The summed E-state index contributed by atoms with van der Waals surface area (Å²) in [6.45, 7) is 2.69. The third kappa shape index (κ3) is 4.31. The molecule has 0 amide bonds. The van der Waals surface area contributed by atoms with E-state index >= 15 is 0 Å². The number of pyridine rings is 1. The fraction of sp³-hybridized carbons (Fsp3) is 0.125. The summed E-state index contributed by atoms with van der Waals surface area (Å²) < 4.78 is 7.59. The molecule has 0 unspecified atom stereocenters. The zero-order valence-corrected chi connectivity index (χ0v) is 18.2. The number of rotatable bonds is 7. The maximum Gasteiger partial charge on any atom is 0.237 e. The van der Waals surface area contributed by atoms with Gasteiger partial charge in [0.05, 0.1) is 12.3 Å². The van der Waals surface area contributed by atoms with Gasteiger partial charge >= 0.3 is 0 Å². The van der Waals surface area contributed by atoms with Gasteiger partial charge in [0.15, 0.2) is 11.0 Å². The number of aryl methyl sites for hydroxylation is 1. The SMILES string of the molecule is Cc1ccccc1-c1noc(CSc2nnc(-c3cccnc3)n2Cc2ccccc2)n1. The van der Waals surface area contributed by atoms with Crippen LogP contribution in [0.1, 0.15) is 17.0 Å². The highest BCUT2D eigenvalue weighted by Crippen LogP contribution is 2.28. The molecule has 3 aromatic heterocycles. The number of benzene rings is 2.